The first kappa shape index (κ1) is 10.5. The van der Waals surface area contributed by atoms with E-state index in [4.69, 9.17) is 5.73 Å². The maximum Gasteiger partial charge on any atom is 0.194 e. The largest absolute Gasteiger partial charge is 0.325 e. The van der Waals surface area contributed by atoms with Gasteiger partial charge in [-0.3, -0.25) is 4.40 Å². The molecule has 2 heterocycles. The molecular formula is C13H13N3S. The van der Waals surface area contributed by atoms with Gasteiger partial charge in [0, 0.05) is 11.9 Å². The van der Waals surface area contributed by atoms with E-state index in [9.17, 15) is 0 Å². The van der Waals surface area contributed by atoms with E-state index in [1.54, 1.807) is 11.3 Å². The third-order valence-corrected chi connectivity index (χ3v) is 3.72. The summed E-state index contributed by atoms with van der Waals surface area (Å²) >= 11 is 1.65. The van der Waals surface area contributed by atoms with Gasteiger partial charge in [0.1, 0.15) is 0 Å². The molecule has 0 amide bonds. The quantitative estimate of drug-likeness (QED) is 0.752. The number of nitrogens with zero attached hydrogens (tertiary/aromatic N) is 2. The van der Waals surface area contributed by atoms with E-state index in [1.165, 1.54) is 16.8 Å². The Morgan fingerprint density at radius 2 is 2.06 bits per heavy atom. The fourth-order valence-corrected chi connectivity index (χ4v) is 2.83. The summed E-state index contributed by atoms with van der Waals surface area (Å²) < 4.78 is 2.13. The molecule has 4 heteroatoms. The van der Waals surface area contributed by atoms with Gasteiger partial charge in [0.15, 0.2) is 4.96 Å². The highest BCUT2D eigenvalue weighted by molar-refractivity contribution is 7.15. The Labute approximate surface area is 104 Å². The first-order valence-corrected chi connectivity index (χ1v) is 6.38. The SMILES string of the molecule is Cc1ccc(-c2csc3ncc(CN)n23)cc1. The molecule has 0 radical (unpaired) electrons. The first-order chi connectivity index (χ1) is 8.29. The molecule has 0 aliphatic heterocycles. The molecule has 2 aromatic heterocycles. The minimum absolute atomic E-state index is 0.511. The third kappa shape index (κ3) is 1.66. The highest BCUT2D eigenvalue weighted by atomic mass is 32.1. The summed E-state index contributed by atoms with van der Waals surface area (Å²) in [5, 5.41) is 2.13. The highest BCUT2D eigenvalue weighted by Crippen LogP contribution is 2.27. The lowest BCUT2D eigenvalue weighted by Gasteiger charge is -2.03. The Bertz CT molecular complexity index is 649. The zero-order valence-electron chi connectivity index (χ0n) is 9.55. The monoisotopic (exact) mass is 243 g/mol. The maximum atomic E-state index is 5.73. The van der Waals surface area contributed by atoms with Crippen LogP contribution in [0.25, 0.3) is 16.2 Å². The summed E-state index contributed by atoms with van der Waals surface area (Å²) in [5.74, 6) is 0. The molecule has 0 saturated heterocycles. The number of benzene rings is 1. The number of aryl methyl sites for hydroxylation is 1. The highest BCUT2D eigenvalue weighted by Gasteiger charge is 2.10. The van der Waals surface area contributed by atoms with Gasteiger partial charge in [0.2, 0.25) is 0 Å². The third-order valence-electron chi connectivity index (χ3n) is 2.88. The van der Waals surface area contributed by atoms with Crippen LogP contribution >= 0.6 is 11.3 Å². The molecule has 0 aliphatic carbocycles. The number of fused-ring (bicyclic) bond motifs is 1. The van der Waals surface area contributed by atoms with Crippen molar-refractivity contribution < 1.29 is 0 Å². The van der Waals surface area contributed by atoms with Crippen LogP contribution in [0.15, 0.2) is 35.8 Å². The molecule has 2 N–H and O–H groups in total. The molecule has 0 unspecified atom stereocenters. The summed E-state index contributed by atoms with van der Waals surface area (Å²) in [6.45, 7) is 2.60. The van der Waals surface area contributed by atoms with Gasteiger partial charge in [-0.2, -0.15) is 0 Å². The van der Waals surface area contributed by atoms with Gasteiger partial charge in [-0.15, -0.1) is 11.3 Å². The molecule has 17 heavy (non-hydrogen) atoms. The second-order valence-corrected chi connectivity index (χ2v) is 4.90. The summed E-state index contributed by atoms with van der Waals surface area (Å²) in [7, 11) is 0. The average Bonchev–Trinajstić information content (AvgIpc) is 2.91. The average molecular weight is 243 g/mol. The van der Waals surface area contributed by atoms with Crippen molar-refractivity contribution in [2.45, 2.75) is 13.5 Å². The molecule has 0 atom stereocenters. The van der Waals surface area contributed by atoms with E-state index in [0.717, 1.165) is 10.7 Å². The van der Waals surface area contributed by atoms with Crippen molar-refractivity contribution in [3.8, 4) is 11.3 Å². The minimum Gasteiger partial charge on any atom is -0.325 e. The van der Waals surface area contributed by atoms with Crippen LogP contribution in [0.4, 0.5) is 0 Å². The smallest absolute Gasteiger partial charge is 0.194 e. The minimum atomic E-state index is 0.511. The topological polar surface area (TPSA) is 43.3 Å². The normalized spacial score (nSPS) is 11.2. The van der Waals surface area contributed by atoms with Crippen LogP contribution in [0.5, 0.6) is 0 Å². The standard InChI is InChI=1S/C13H13N3S/c1-9-2-4-10(5-3-9)12-8-17-13-15-7-11(6-14)16(12)13/h2-5,7-8H,6,14H2,1H3. The Kier molecular flexibility index (Phi) is 2.46. The van der Waals surface area contributed by atoms with Crippen molar-refractivity contribution in [2.24, 2.45) is 5.73 Å². The molecule has 0 saturated carbocycles. The van der Waals surface area contributed by atoms with Crippen molar-refractivity contribution in [1.29, 1.82) is 0 Å². The van der Waals surface area contributed by atoms with Gasteiger partial charge >= 0.3 is 0 Å². The van der Waals surface area contributed by atoms with Crippen LogP contribution in [0, 0.1) is 6.92 Å². The molecule has 0 spiro atoms. The number of nitrogens with two attached hydrogens (primary N) is 1. The Morgan fingerprint density at radius 3 is 2.76 bits per heavy atom. The Balaban J connectivity index is 2.22. The van der Waals surface area contributed by atoms with Gasteiger partial charge in [0.05, 0.1) is 17.6 Å². The predicted molar refractivity (Wildman–Crippen MR) is 71.1 cm³/mol. The van der Waals surface area contributed by atoms with Crippen LogP contribution in [-0.2, 0) is 6.54 Å². The van der Waals surface area contributed by atoms with Crippen LogP contribution in [0.3, 0.4) is 0 Å². The lowest BCUT2D eigenvalue weighted by atomic mass is 10.1. The Morgan fingerprint density at radius 1 is 1.29 bits per heavy atom. The fraction of sp³-hybridized carbons (Fsp3) is 0.154. The zero-order valence-corrected chi connectivity index (χ0v) is 10.4. The number of aromatic nitrogens is 2. The van der Waals surface area contributed by atoms with Crippen molar-refractivity contribution in [3.63, 3.8) is 0 Å². The second kappa shape index (κ2) is 3.98. The molecule has 1 aromatic carbocycles. The summed E-state index contributed by atoms with van der Waals surface area (Å²) in [4.78, 5) is 5.36. The first-order valence-electron chi connectivity index (χ1n) is 5.50. The van der Waals surface area contributed by atoms with Crippen LogP contribution in [0.2, 0.25) is 0 Å². The van der Waals surface area contributed by atoms with Crippen molar-refractivity contribution in [2.75, 3.05) is 0 Å². The van der Waals surface area contributed by atoms with Crippen molar-refractivity contribution in [1.82, 2.24) is 9.38 Å². The molecular weight excluding hydrogens is 230 g/mol. The van der Waals surface area contributed by atoms with Crippen molar-refractivity contribution in [3.05, 3.63) is 47.1 Å². The number of thiazole rings is 1. The molecule has 3 aromatic rings. The van der Waals surface area contributed by atoms with Crippen LogP contribution in [0.1, 0.15) is 11.3 Å². The number of hydrogen-bond acceptors (Lipinski definition) is 3. The van der Waals surface area contributed by atoms with E-state index in [1.807, 2.05) is 6.20 Å². The molecule has 3 nitrogen and oxygen atoms in total. The van der Waals surface area contributed by atoms with Crippen LogP contribution < -0.4 is 5.73 Å². The molecule has 0 fully saturated rings. The number of rotatable bonds is 2. The lowest BCUT2D eigenvalue weighted by molar-refractivity contribution is 0.971. The van der Waals surface area contributed by atoms with Gasteiger partial charge < -0.3 is 5.73 Å². The Hall–Kier alpha value is -1.65. The molecule has 0 bridgehead atoms. The van der Waals surface area contributed by atoms with E-state index >= 15 is 0 Å². The summed E-state index contributed by atoms with van der Waals surface area (Å²) in [5.41, 5.74) is 10.4. The van der Waals surface area contributed by atoms with Gasteiger partial charge in [0.25, 0.3) is 0 Å². The molecule has 3 rings (SSSR count). The number of hydrogen-bond donors (Lipinski definition) is 1. The van der Waals surface area contributed by atoms with Gasteiger partial charge in [-0.05, 0) is 12.5 Å². The number of imidazole rings is 1. The predicted octanol–water partition coefficient (Wildman–Crippen LogP) is 2.83. The van der Waals surface area contributed by atoms with E-state index < -0.39 is 0 Å². The fourth-order valence-electron chi connectivity index (χ4n) is 1.94. The van der Waals surface area contributed by atoms with Crippen molar-refractivity contribution >= 4 is 16.3 Å². The maximum absolute atomic E-state index is 5.73. The summed E-state index contributed by atoms with van der Waals surface area (Å²) in [6.07, 6.45) is 1.85. The van der Waals surface area contributed by atoms with E-state index in [0.29, 0.717) is 6.54 Å². The van der Waals surface area contributed by atoms with Gasteiger partial charge in [-0.1, -0.05) is 29.8 Å². The lowest BCUT2D eigenvalue weighted by Crippen LogP contribution is -2.00. The van der Waals surface area contributed by atoms with Crippen LogP contribution in [-0.4, -0.2) is 9.38 Å². The molecule has 0 aliphatic rings. The zero-order chi connectivity index (χ0) is 11.8. The van der Waals surface area contributed by atoms with Gasteiger partial charge in [-0.25, -0.2) is 4.98 Å². The van der Waals surface area contributed by atoms with E-state index in [2.05, 4.69) is 46.0 Å². The van der Waals surface area contributed by atoms with E-state index in [-0.39, 0.29) is 0 Å². The second-order valence-electron chi connectivity index (χ2n) is 4.06. The molecule has 86 valence electrons. The summed E-state index contributed by atoms with van der Waals surface area (Å²) in [6, 6.07) is 8.52.